The molecule has 3 aromatic heterocycles. The van der Waals surface area contributed by atoms with E-state index in [-0.39, 0.29) is 18.2 Å². The zero-order valence-corrected chi connectivity index (χ0v) is 17.8. The van der Waals surface area contributed by atoms with Crippen LogP contribution >= 0.6 is 0 Å². The van der Waals surface area contributed by atoms with E-state index >= 15 is 0 Å². The van der Waals surface area contributed by atoms with E-state index in [9.17, 15) is 14.0 Å². The fraction of sp³-hybridized carbons (Fsp3) is 0.409. The topological polar surface area (TPSA) is 75.5 Å². The summed E-state index contributed by atoms with van der Waals surface area (Å²) in [5, 5.41) is 0. The van der Waals surface area contributed by atoms with Crippen LogP contribution < -0.4 is 11.2 Å². The summed E-state index contributed by atoms with van der Waals surface area (Å²) < 4.78 is 26.3. The van der Waals surface area contributed by atoms with Crippen molar-refractivity contribution < 1.29 is 9.13 Å². The second-order valence-corrected chi connectivity index (χ2v) is 8.16. The Labute approximate surface area is 177 Å². The van der Waals surface area contributed by atoms with Crippen LogP contribution in [0.3, 0.4) is 0 Å². The molecule has 0 N–H and O–H groups in total. The standard InChI is InChI=1S/C22H24FN5O3/c1-13-14(2)28-18-19(24-21(28)26(13)12-16-8-6-10-31-16)25(3)22(30)27(20(18)29)11-15-7-4-5-9-17(15)23/h4-5,7,9,16H,6,8,10-12H2,1-3H3. The van der Waals surface area contributed by atoms with E-state index in [1.165, 1.54) is 10.6 Å². The van der Waals surface area contributed by atoms with E-state index in [1.807, 2.05) is 13.8 Å². The molecule has 0 amide bonds. The van der Waals surface area contributed by atoms with Crippen LogP contribution in [0.4, 0.5) is 4.39 Å². The van der Waals surface area contributed by atoms with Crippen molar-refractivity contribution in [3.63, 3.8) is 0 Å². The Morgan fingerprint density at radius 3 is 2.65 bits per heavy atom. The minimum absolute atomic E-state index is 0.107. The van der Waals surface area contributed by atoms with Gasteiger partial charge in [0.1, 0.15) is 5.82 Å². The normalized spacial score (nSPS) is 16.7. The number of nitrogens with zero attached hydrogens (tertiary/aromatic N) is 5. The molecule has 4 aromatic rings. The molecule has 0 bridgehead atoms. The summed E-state index contributed by atoms with van der Waals surface area (Å²) in [6.07, 6.45) is 2.12. The molecule has 1 aliphatic heterocycles. The third-order valence-electron chi connectivity index (χ3n) is 6.33. The first-order valence-corrected chi connectivity index (χ1v) is 10.4. The summed E-state index contributed by atoms with van der Waals surface area (Å²) in [5.41, 5.74) is 1.79. The van der Waals surface area contributed by atoms with Crippen molar-refractivity contribution in [2.45, 2.75) is 45.9 Å². The van der Waals surface area contributed by atoms with Crippen molar-refractivity contribution in [2.75, 3.05) is 6.61 Å². The molecule has 31 heavy (non-hydrogen) atoms. The summed E-state index contributed by atoms with van der Waals surface area (Å²) in [7, 11) is 1.58. The molecule has 8 nitrogen and oxygen atoms in total. The van der Waals surface area contributed by atoms with Gasteiger partial charge in [-0.2, -0.15) is 4.98 Å². The molecule has 4 heterocycles. The highest BCUT2D eigenvalue weighted by Crippen LogP contribution is 2.23. The molecule has 0 radical (unpaired) electrons. The molecule has 1 aromatic carbocycles. The van der Waals surface area contributed by atoms with Crippen LogP contribution in [-0.4, -0.2) is 35.8 Å². The maximum absolute atomic E-state index is 14.2. The lowest BCUT2D eigenvalue weighted by molar-refractivity contribution is 0.0974. The van der Waals surface area contributed by atoms with Crippen molar-refractivity contribution in [2.24, 2.45) is 7.05 Å². The largest absolute Gasteiger partial charge is 0.376 e. The van der Waals surface area contributed by atoms with Crippen LogP contribution in [0.1, 0.15) is 29.8 Å². The fourth-order valence-corrected chi connectivity index (χ4v) is 4.46. The monoisotopic (exact) mass is 425 g/mol. The Balaban J connectivity index is 1.75. The Kier molecular flexibility index (Phi) is 4.58. The molecule has 0 saturated carbocycles. The Bertz CT molecular complexity index is 1440. The number of aromatic nitrogens is 5. The summed E-state index contributed by atoms with van der Waals surface area (Å²) in [6, 6.07) is 6.15. The average Bonchev–Trinajstić information content (AvgIpc) is 3.46. The average molecular weight is 425 g/mol. The van der Waals surface area contributed by atoms with Gasteiger partial charge in [-0.3, -0.25) is 18.3 Å². The minimum Gasteiger partial charge on any atom is -0.376 e. The SMILES string of the molecule is Cc1c(C)n2c3c(=O)n(Cc4ccccc4F)c(=O)n(C)c3nc2n1CC1CCCO1. The lowest BCUT2D eigenvalue weighted by Gasteiger charge is -2.12. The second-order valence-electron chi connectivity index (χ2n) is 8.16. The molecule has 162 valence electrons. The highest BCUT2D eigenvalue weighted by Gasteiger charge is 2.25. The first-order valence-electron chi connectivity index (χ1n) is 10.4. The van der Waals surface area contributed by atoms with E-state index in [2.05, 4.69) is 9.55 Å². The quantitative estimate of drug-likeness (QED) is 0.502. The zero-order valence-electron chi connectivity index (χ0n) is 17.8. The van der Waals surface area contributed by atoms with E-state index in [1.54, 1.807) is 29.6 Å². The van der Waals surface area contributed by atoms with Crippen LogP contribution in [0.15, 0.2) is 33.9 Å². The van der Waals surface area contributed by atoms with Gasteiger partial charge in [-0.15, -0.1) is 0 Å². The maximum Gasteiger partial charge on any atom is 0.332 e. The molecule has 5 rings (SSSR count). The number of fused-ring (bicyclic) bond motifs is 3. The number of rotatable bonds is 4. The lowest BCUT2D eigenvalue weighted by Crippen LogP contribution is -2.39. The molecular formula is C22H24FN5O3. The van der Waals surface area contributed by atoms with Gasteiger partial charge < -0.3 is 9.30 Å². The number of hydrogen-bond donors (Lipinski definition) is 0. The second kappa shape index (κ2) is 7.19. The maximum atomic E-state index is 14.2. The van der Waals surface area contributed by atoms with Crippen LogP contribution in [-0.2, 0) is 24.9 Å². The highest BCUT2D eigenvalue weighted by atomic mass is 19.1. The van der Waals surface area contributed by atoms with Gasteiger partial charge in [-0.25, -0.2) is 9.18 Å². The predicted octanol–water partition coefficient (Wildman–Crippen LogP) is 2.13. The summed E-state index contributed by atoms with van der Waals surface area (Å²) >= 11 is 0. The first-order chi connectivity index (χ1) is 14.9. The highest BCUT2D eigenvalue weighted by molar-refractivity contribution is 5.76. The minimum atomic E-state index is -0.526. The van der Waals surface area contributed by atoms with Crippen molar-refractivity contribution in [1.29, 1.82) is 0 Å². The Morgan fingerprint density at radius 1 is 1.16 bits per heavy atom. The van der Waals surface area contributed by atoms with Crippen LogP contribution in [0, 0.1) is 19.7 Å². The smallest absolute Gasteiger partial charge is 0.332 e. The van der Waals surface area contributed by atoms with Crippen LogP contribution in [0.5, 0.6) is 0 Å². The van der Waals surface area contributed by atoms with E-state index in [0.29, 0.717) is 23.5 Å². The molecule has 1 unspecified atom stereocenters. The van der Waals surface area contributed by atoms with Gasteiger partial charge in [0.05, 0.1) is 19.2 Å². The van der Waals surface area contributed by atoms with Gasteiger partial charge in [-0.1, -0.05) is 18.2 Å². The summed E-state index contributed by atoms with van der Waals surface area (Å²) in [4.78, 5) is 31.1. The van der Waals surface area contributed by atoms with Crippen LogP contribution in [0.25, 0.3) is 16.9 Å². The number of halogens is 1. The van der Waals surface area contributed by atoms with E-state index < -0.39 is 17.1 Å². The van der Waals surface area contributed by atoms with Gasteiger partial charge in [0, 0.05) is 30.6 Å². The molecule has 1 fully saturated rings. The molecule has 1 atom stereocenters. The fourth-order valence-electron chi connectivity index (χ4n) is 4.46. The molecule has 1 aliphatic rings. The third kappa shape index (κ3) is 2.95. The molecular weight excluding hydrogens is 401 g/mol. The first kappa shape index (κ1) is 19.7. The molecule has 0 spiro atoms. The van der Waals surface area contributed by atoms with Crippen molar-refractivity contribution in [3.8, 4) is 0 Å². The number of ether oxygens (including phenoxy) is 1. The summed E-state index contributed by atoms with van der Waals surface area (Å²) in [6.45, 7) is 5.18. The number of aryl methyl sites for hydroxylation is 2. The lowest BCUT2D eigenvalue weighted by atomic mass is 10.2. The Morgan fingerprint density at radius 2 is 1.94 bits per heavy atom. The Hall–Kier alpha value is -3.20. The van der Waals surface area contributed by atoms with E-state index in [0.717, 1.165) is 35.4 Å². The van der Waals surface area contributed by atoms with Gasteiger partial charge in [0.2, 0.25) is 5.78 Å². The number of benzene rings is 1. The van der Waals surface area contributed by atoms with Crippen LogP contribution in [0.2, 0.25) is 0 Å². The number of imidazole rings is 2. The molecule has 0 aliphatic carbocycles. The molecule has 9 heteroatoms. The predicted molar refractivity (Wildman–Crippen MR) is 114 cm³/mol. The zero-order chi connectivity index (χ0) is 21.9. The third-order valence-corrected chi connectivity index (χ3v) is 6.33. The van der Waals surface area contributed by atoms with Crippen molar-refractivity contribution in [3.05, 3.63) is 67.9 Å². The van der Waals surface area contributed by atoms with Gasteiger partial charge in [-0.05, 0) is 32.8 Å². The van der Waals surface area contributed by atoms with Gasteiger partial charge in [0.15, 0.2) is 11.2 Å². The van der Waals surface area contributed by atoms with Crippen molar-refractivity contribution >= 4 is 16.9 Å². The van der Waals surface area contributed by atoms with E-state index in [4.69, 9.17) is 4.74 Å². The van der Waals surface area contributed by atoms with Gasteiger partial charge in [0.25, 0.3) is 5.56 Å². The molecule has 1 saturated heterocycles. The van der Waals surface area contributed by atoms with Crippen molar-refractivity contribution in [1.82, 2.24) is 23.1 Å². The van der Waals surface area contributed by atoms with Gasteiger partial charge >= 0.3 is 5.69 Å². The summed E-state index contributed by atoms with van der Waals surface area (Å²) in [5.74, 6) is 0.154. The number of hydrogen-bond acceptors (Lipinski definition) is 4.